The fraction of sp³-hybridized carbons (Fsp3) is 0.263. The molecule has 0 aliphatic rings. The number of rotatable bonds is 7. The highest BCUT2D eigenvalue weighted by Crippen LogP contribution is 2.32. The average Bonchev–Trinajstić information content (AvgIpc) is 2.59. The van der Waals surface area contributed by atoms with Gasteiger partial charge >= 0.3 is 0 Å². The molecule has 138 valence electrons. The standard InChI is InChI=1S/C19H21IN2O4/c1-4-25-16-9-14(8-15(20)18(16)24)10-21-22-17(23)11-26-19-12(2)6-5-7-13(19)3/h5-10,24H,4,11H2,1-3H3,(H,22,23)/b21-10+. The Kier molecular flexibility index (Phi) is 7.26. The van der Waals surface area contributed by atoms with Gasteiger partial charge in [-0.15, -0.1) is 0 Å². The SMILES string of the molecule is CCOc1cc(/C=N/NC(=O)COc2c(C)cccc2C)cc(I)c1O. The van der Waals surface area contributed by atoms with Crippen LogP contribution in [0.15, 0.2) is 35.4 Å². The highest BCUT2D eigenvalue weighted by atomic mass is 127. The highest BCUT2D eigenvalue weighted by molar-refractivity contribution is 14.1. The Bertz CT molecular complexity index is 801. The second kappa shape index (κ2) is 9.42. The van der Waals surface area contributed by atoms with Gasteiger partial charge in [0.05, 0.1) is 16.4 Å². The van der Waals surface area contributed by atoms with Gasteiger partial charge in [0.15, 0.2) is 18.1 Å². The Hall–Kier alpha value is -2.29. The van der Waals surface area contributed by atoms with E-state index < -0.39 is 0 Å². The predicted octanol–water partition coefficient (Wildman–Crippen LogP) is 3.54. The number of nitrogens with one attached hydrogen (secondary N) is 1. The predicted molar refractivity (Wildman–Crippen MR) is 109 cm³/mol. The van der Waals surface area contributed by atoms with Crippen molar-refractivity contribution in [2.45, 2.75) is 20.8 Å². The third kappa shape index (κ3) is 5.35. The topological polar surface area (TPSA) is 80.2 Å². The fourth-order valence-electron chi connectivity index (χ4n) is 2.31. The van der Waals surface area contributed by atoms with Crippen molar-refractivity contribution >= 4 is 34.7 Å². The van der Waals surface area contributed by atoms with Crippen molar-refractivity contribution in [3.8, 4) is 17.2 Å². The summed E-state index contributed by atoms with van der Waals surface area (Å²) in [5.74, 6) is 0.824. The third-order valence-corrected chi connectivity index (χ3v) is 4.33. The molecule has 0 aliphatic carbocycles. The van der Waals surface area contributed by atoms with E-state index in [-0.39, 0.29) is 18.3 Å². The molecule has 0 heterocycles. The minimum absolute atomic E-state index is 0.0932. The molecule has 0 spiro atoms. The fourth-order valence-corrected chi connectivity index (χ4v) is 2.93. The van der Waals surface area contributed by atoms with Crippen LogP contribution < -0.4 is 14.9 Å². The van der Waals surface area contributed by atoms with Crippen molar-refractivity contribution in [3.05, 3.63) is 50.6 Å². The van der Waals surface area contributed by atoms with Crippen LogP contribution in [-0.4, -0.2) is 30.4 Å². The molecule has 7 heteroatoms. The summed E-state index contributed by atoms with van der Waals surface area (Å²) in [4.78, 5) is 11.9. The number of halogens is 1. The Morgan fingerprint density at radius 2 is 1.96 bits per heavy atom. The van der Waals surface area contributed by atoms with E-state index in [4.69, 9.17) is 9.47 Å². The van der Waals surface area contributed by atoms with E-state index in [0.29, 0.717) is 27.2 Å². The normalized spacial score (nSPS) is 10.8. The molecular weight excluding hydrogens is 447 g/mol. The number of phenolic OH excluding ortho intramolecular Hbond substituents is 1. The van der Waals surface area contributed by atoms with E-state index in [0.717, 1.165) is 11.1 Å². The van der Waals surface area contributed by atoms with Crippen LogP contribution >= 0.6 is 22.6 Å². The number of benzene rings is 2. The van der Waals surface area contributed by atoms with E-state index in [1.807, 2.05) is 61.6 Å². The number of carbonyl (C=O) groups is 1. The molecule has 6 nitrogen and oxygen atoms in total. The molecule has 0 saturated heterocycles. The van der Waals surface area contributed by atoms with Gasteiger partial charge in [0, 0.05) is 0 Å². The van der Waals surface area contributed by atoms with Gasteiger partial charge in [0.1, 0.15) is 5.75 Å². The van der Waals surface area contributed by atoms with Crippen molar-refractivity contribution < 1.29 is 19.4 Å². The molecule has 2 N–H and O–H groups in total. The molecule has 0 aromatic heterocycles. The Morgan fingerprint density at radius 3 is 2.62 bits per heavy atom. The lowest BCUT2D eigenvalue weighted by molar-refractivity contribution is -0.123. The number of amides is 1. The quantitative estimate of drug-likeness (QED) is 0.370. The zero-order valence-corrected chi connectivity index (χ0v) is 17.0. The molecule has 0 saturated carbocycles. The average molecular weight is 468 g/mol. The number of aryl methyl sites for hydroxylation is 2. The number of hydrogen-bond donors (Lipinski definition) is 2. The molecule has 0 unspecified atom stereocenters. The summed E-state index contributed by atoms with van der Waals surface area (Å²) in [6.07, 6.45) is 1.49. The summed E-state index contributed by atoms with van der Waals surface area (Å²) in [7, 11) is 0. The van der Waals surface area contributed by atoms with Gasteiger partial charge < -0.3 is 14.6 Å². The third-order valence-electron chi connectivity index (χ3n) is 3.51. The van der Waals surface area contributed by atoms with Gasteiger partial charge in [-0.3, -0.25) is 4.79 Å². The number of ether oxygens (including phenoxy) is 2. The molecule has 26 heavy (non-hydrogen) atoms. The first-order chi connectivity index (χ1) is 12.4. The van der Waals surface area contributed by atoms with E-state index in [1.165, 1.54) is 6.21 Å². The second-order valence-corrected chi connectivity index (χ2v) is 6.75. The Morgan fingerprint density at radius 1 is 1.27 bits per heavy atom. The molecule has 2 rings (SSSR count). The lowest BCUT2D eigenvalue weighted by Crippen LogP contribution is -2.25. The number of phenols is 1. The summed E-state index contributed by atoms with van der Waals surface area (Å²) in [5.41, 5.74) is 5.08. The maximum Gasteiger partial charge on any atom is 0.277 e. The van der Waals surface area contributed by atoms with Crippen molar-refractivity contribution in [1.29, 1.82) is 0 Å². The van der Waals surface area contributed by atoms with Gasteiger partial charge in [0.25, 0.3) is 5.91 Å². The monoisotopic (exact) mass is 468 g/mol. The number of carbonyl (C=O) groups excluding carboxylic acids is 1. The molecule has 0 atom stereocenters. The molecule has 0 aliphatic heterocycles. The van der Waals surface area contributed by atoms with Crippen LogP contribution in [-0.2, 0) is 4.79 Å². The number of para-hydroxylation sites is 1. The largest absolute Gasteiger partial charge is 0.504 e. The first kappa shape index (κ1) is 20.0. The minimum Gasteiger partial charge on any atom is -0.504 e. The zero-order chi connectivity index (χ0) is 19.1. The maximum absolute atomic E-state index is 11.9. The van der Waals surface area contributed by atoms with Crippen LogP contribution in [0.3, 0.4) is 0 Å². The number of hydrazone groups is 1. The van der Waals surface area contributed by atoms with Crippen LogP contribution in [0.25, 0.3) is 0 Å². The summed E-state index contributed by atoms with van der Waals surface area (Å²) in [6, 6.07) is 9.20. The second-order valence-electron chi connectivity index (χ2n) is 5.59. The van der Waals surface area contributed by atoms with E-state index in [1.54, 1.807) is 12.1 Å². The van der Waals surface area contributed by atoms with Crippen LogP contribution in [0.5, 0.6) is 17.2 Å². The van der Waals surface area contributed by atoms with Gasteiger partial charge in [0.2, 0.25) is 0 Å². The van der Waals surface area contributed by atoms with Gasteiger partial charge in [-0.2, -0.15) is 5.10 Å². The zero-order valence-electron chi connectivity index (χ0n) is 14.9. The molecule has 0 radical (unpaired) electrons. The van der Waals surface area contributed by atoms with Crippen LogP contribution in [0.2, 0.25) is 0 Å². The van der Waals surface area contributed by atoms with Crippen molar-refractivity contribution in [2.24, 2.45) is 5.10 Å². The minimum atomic E-state index is -0.359. The number of aromatic hydroxyl groups is 1. The molecule has 0 bridgehead atoms. The highest BCUT2D eigenvalue weighted by Gasteiger charge is 2.09. The summed E-state index contributed by atoms with van der Waals surface area (Å²) in [5, 5.41) is 13.9. The summed E-state index contributed by atoms with van der Waals surface area (Å²) >= 11 is 2.01. The first-order valence-corrected chi connectivity index (χ1v) is 9.16. The maximum atomic E-state index is 11.9. The molecule has 1 amide bonds. The van der Waals surface area contributed by atoms with Gasteiger partial charge in [-0.25, -0.2) is 5.43 Å². The van der Waals surface area contributed by atoms with E-state index >= 15 is 0 Å². The summed E-state index contributed by atoms with van der Waals surface area (Å²) in [6.45, 7) is 6.02. The van der Waals surface area contributed by atoms with E-state index in [2.05, 4.69) is 10.5 Å². The molecular formula is C19H21IN2O4. The molecule has 0 fully saturated rings. The van der Waals surface area contributed by atoms with Crippen LogP contribution in [0, 0.1) is 17.4 Å². The first-order valence-electron chi connectivity index (χ1n) is 8.08. The lowest BCUT2D eigenvalue weighted by Gasteiger charge is -2.10. The molecule has 2 aromatic rings. The lowest BCUT2D eigenvalue weighted by atomic mass is 10.1. The van der Waals surface area contributed by atoms with Gasteiger partial charge in [-0.1, -0.05) is 18.2 Å². The Labute approximate surface area is 166 Å². The Balaban J connectivity index is 1.95. The van der Waals surface area contributed by atoms with Crippen molar-refractivity contribution in [1.82, 2.24) is 5.43 Å². The van der Waals surface area contributed by atoms with Crippen LogP contribution in [0.1, 0.15) is 23.6 Å². The molecule has 2 aromatic carbocycles. The van der Waals surface area contributed by atoms with E-state index in [9.17, 15) is 9.90 Å². The number of hydrogen-bond acceptors (Lipinski definition) is 5. The van der Waals surface area contributed by atoms with Crippen molar-refractivity contribution in [3.63, 3.8) is 0 Å². The number of nitrogens with zero attached hydrogens (tertiary/aromatic N) is 1. The van der Waals surface area contributed by atoms with Crippen LogP contribution in [0.4, 0.5) is 0 Å². The van der Waals surface area contributed by atoms with Crippen molar-refractivity contribution in [2.75, 3.05) is 13.2 Å². The smallest absolute Gasteiger partial charge is 0.277 e. The van der Waals surface area contributed by atoms with Gasteiger partial charge in [-0.05, 0) is 72.2 Å². The summed E-state index contributed by atoms with van der Waals surface area (Å²) < 4.78 is 11.6.